The van der Waals surface area contributed by atoms with Gasteiger partial charge in [-0.3, -0.25) is 13.9 Å². The highest BCUT2D eigenvalue weighted by Gasteiger charge is 2.33. The Morgan fingerprint density at radius 3 is 2.26 bits per heavy atom. The van der Waals surface area contributed by atoms with E-state index in [0.717, 1.165) is 47.4 Å². The summed E-state index contributed by atoms with van der Waals surface area (Å²) in [6.07, 6.45) is 6.71. The summed E-state index contributed by atoms with van der Waals surface area (Å²) >= 11 is 0. The first-order chi connectivity index (χ1) is 18.1. The molecule has 0 saturated heterocycles. The lowest BCUT2D eigenvalue weighted by Gasteiger charge is -2.34. The number of benzene rings is 2. The molecular formula is C29H41N3O5S. The molecule has 2 aromatic carbocycles. The summed E-state index contributed by atoms with van der Waals surface area (Å²) in [6.45, 7) is 6.00. The first kappa shape index (κ1) is 29.5. The van der Waals surface area contributed by atoms with E-state index < -0.39 is 28.5 Å². The molecule has 1 aliphatic rings. The van der Waals surface area contributed by atoms with E-state index in [1.165, 1.54) is 11.3 Å². The molecule has 8 nitrogen and oxygen atoms in total. The molecule has 0 bridgehead atoms. The molecular weight excluding hydrogens is 502 g/mol. The van der Waals surface area contributed by atoms with Gasteiger partial charge in [0, 0.05) is 12.6 Å². The number of amides is 2. The third-order valence-electron chi connectivity index (χ3n) is 7.05. The maximum atomic E-state index is 13.9. The molecule has 1 N–H and O–H groups in total. The number of carbonyl (C=O) groups is 2. The highest BCUT2D eigenvalue weighted by atomic mass is 32.2. The van der Waals surface area contributed by atoms with Crippen LogP contribution in [0.25, 0.3) is 0 Å². The van der Waals surface area contributed by atoms with E-state index >= 15 is 0 Å². The molecule has 0 unspecified atom stereocenters. The van der Waals surface area contributed by atoms with Crippen LogP contribution in [-0.4, -0.2) is 56.6 Å². The summed E-state index contributed by atoms with van der Waals surface area (Å²) in [6, 6.07) is 13.7. The molecule has 1 aliphatic carbocycles. The van der Waals surface area contributed by atoms with Crippen molar-refractivity contribution in [1.82, 2.24) is 10.2 Å². The number of sulfonamides is 1. The van der Waals surface area contributed by atoms with Crippen LogP contribution >= 0.6 is 0 Å². The van der Waals surface area contributed by atoms with Crippen molar-refractivity contribution in [2.24, 2.45) is 0 Å². The van der Waals surface area contributed by atoms with Crippen LogP contribution in [0.2, 0.25) is 0 Å². The summed E-state index contributed by atoms with van der Waals surface area (Å²) in [4.78, 5) is 28.9. The van der Waals surface area contributed by atoms with Crippen LogP contribution in [0.15, 0.2) is 48.5 Å². The minimum Gasteiger partial charge on any atom is -0.494 e. The zero-order valence-corrected chi connectivity index (χ0v) is 23.8. The van der Waals surface area contributed by atoms with Crippen LogP contribution in [0.3, 0.4) is 0 Å². The number of rotatable bonds is 12. The number of carbonyl (C=O) groups excluding carboxylic acids is 2. The fourth-order valence-corrected chi connectivity index (χ4v) is 5.77. The molecule has 0 spiro atoms. The Kier molecular flexibility index (Phi) is 10.6. The Labute approximate surface area is 227 Å². The van der Waals surface area contributed by atoms with E-state index in [-0.39, 0.29) is 18.5 Å². The van der Waals surface area contributed by atoms with Crippen molar-refractivity contribution >= 4 is 27.5 Å². The Bertz CT molecular complexity index is 1180. The summed E-state index contributed by atoms with van der Waals surface area (Å²) in [5.74, 6) is -0.00542. The highest BCUT2D eigenvalue weighted by molar-refractivity contribution is 7.92. The van der Waals surface area contributed by atoms with Crippen LogP contribution in [-0.2, 0) is 26.2 Å². The van der Waals surface area contributed by atoms with Crippen molar-refractivity contribution in [3.63, 3.8) is 0 Å². The van der Waals surface area contributed by atoms with E-state index in [4.69, 9.17) is 4.74 Å². The molecule has 38 heavy (non-hydrogen) atoms. The molecule has 0 aromatic heterocycles. The van der Waals surface area contributed by atoms with Crippen molar-refractivity contribution in [2.75, 3.05) is 23.7 Å². The van der Waals surface area contributed by atoms with Gasteiger partial charge in [0.15, 0.2) is 0 Å². The van der Waals surface area contributed by atoms with Crippen LogP contribution < -0.4 is 14.4 Å². The maximum Gasteiger partial charge on any atom is 0.244 e. The fourth-order valence-electron chi connectivity index (χ4n) is 4.92. The molecule has 0 aliphatic heterocycles. The molecule has 1 atom stereocenters. The summed E-state index contributed by atoms with van der Waals surface area (Å²) < 4.78 is 32.1. The van der Waals surface area contributed by atoms with Crippen LogP contribution in [0.5, 0.6) is 5.75 Å². The zero-order valence-electron chi connectivity index (χ0n) is 23.0. The van der Waals surface area contributed by atoms with Crippen LogP contribution in [0.1, 0.15) is 63.5 Å². The molecule has 208 valence electrons. The minimum atomic E-state index is -3.78. The Morgan fingerprint density at radius 1 is 1.03 bits per heavy atom. The quantitative estimate of drug-likeness (QED) is 0.428. The third kappa shape index (κ3) is 7.96. The molecule has 9 heteroatoms. The minimum absolute atomic E-state index is 0.108. The van der Waals surface area contributed by atoms with Gasteiger partial charge in [-0.15, -0.1) is 0 Å². The lowest BCUT2D eigenvalue weighted by atomic mass is 9.95. The second-order valence-electron chi connectivity index (χ2n) is 9.91. The van der Waals surface area contributed by atoms with Crippen LogP contribution in [0, 0.1) is 6.92 Å². The standard InChI is InChI=1S/C29H41N3O5S/c1-5-27(29(34)30-24-14-8-7-9-15-24)31(20-23-13-11-10-12-22(23)3)28(33)21-32(38(4,35)36)25-16-18-26(19-17-25)37-6-2/h10-13,16-19,24,27H,5-9,14-15,20-21H2,1-4H3,(H,30,34)/t27-/m0/s1. The highest BCUT2D eigenvalue weighted by Crippen LogP contribution is 2.24. The normalized spacial score (nSPS) is 14.9. The van der Waals surface area contributed by atoms with Gasteiger partial charge < -0.3 is 15.0 Å². The first-order valence-corrected chi connectivity index (χ1v) is 15.3. The Balaban J connectivity index is 1.90. The number of anilines is 1. The van der Waals surface area contributed by atoms with E-state index in [0.29, 0.717) is 24.5 Å². The maximum absolute atomic E-state index is 13.9. The van der Waals surface area contributed by atoms with Gasteiger partial charge in [0.25, 0.3) is 0 Å². The van der Waals surface area contributed by atoms with E-state index in [1.54, 1.807) is 24.3 Å². The third-order valence-corrected chi connectivity index (χ3v) is 8.19. The van der Waals surface area contributed by atoms with Gasteiger partial charge in [0.2, 0.25) is 21.8 Å². The average molecular weight is 544 g/mol. The predicted molar refractivity (Wildman–Crippen MR) is 151 cm³/mol. The van der Waals surface area contributed by atoms with Gasteiger partial charge in [0.05, 0.1) is 18.6 Å². The van der Waals surface area contributed by atoms with Crippen molar-refractivity contribution in [3.05, 3.63) is 59.7 Å². The van der Waals surface area contributed by atoms with Gasteiger partial charge in [-0.2, -0.15) is 0 Å². The SMILES string of the molecule is CCOc1ccc(N(CC(=O)N(Cc2ccccc2C)[C@@H](CC)C(=O)NC2CCCCC2)S(C)(=O)=O)cc1. The average Bonchev–Trinajstić information content (AvgIpc) is 2.89. The second kappa shape index (κ2) is 13.6. The monoisotopic (exact) mass is 543 g/mol. The molecule has 2 amide bonds. The predicted octanol–water partition coefficient (Wildman–Crippen LogP) is 4.42. The van der Waals surface area contributed by atoms with E-state index in [9.17, 15) is 18.0 Å². The largest absolute Gasteiger partial charge is 0.494 e. The van der Waals surface area contributed by atoms with E-state index in [1.807, 2.05) is 45.0 Å². The zero-order chi connectivity index (χ0) is 27.7. The second-order valence-corrected chi connectivity index (χ2v) is 11.8. The number of nitrogens with zero attached hydrogens (tertiary/aromatic N) is 2. The number of hydrogen-bond acceptors (Lipinski definition) is 5. The smallest absolute Gasteiger partial charge is 0.244 e. The van der Waals surface area contributed by atoms with Crippen molar-refractivity contribution in [2.45, 2.75) is 77.9 Å². The topological polar surface area (TPSA) is 96.0 Å². The summed E-state index contributed by atoms with van der Waals surface area (Å²) in [5, 5.41) is 3.16. The van der Waals surface area contributed by atoms with Gasteiger partial charge in [-0.1, -0.05) is 50.5 Å². The Morgan fingerprint density at radius 2 is 1.68 bits per heavy atom. The molecule has 1 fully saturated rings. The van der Waals surface area contributed by atoms with Gasteiger partial charge in [0.1, 0.15) is 18.3 Å². The number of aryl methyl sites for hydroxylation is 1. The number of nitrogens with one attached hydrogen (secondary N) is 1. The summed E-state index contributed by atoms with van der Waals surface area (Å²) in [5.41, 5.74) is 2.27. The lowest BCUT2D eigenvalue weighted by Crippen LogP contribution is -2.54. The van der Waals surface area contributed by atoms with Crippen molar-refractivity contribution in [1.29, 1.82) is 0 Å². The summed E-state index contributed by atoms with van der Waals surface area (Å²) in [7, 11) is -3.78. The van der Waals surface area contributed by atoms with Gasteiger partial charge in [-0.25, -0.2) is 8.42 Å². The van der Waals surface area contributed by atoms with Gasteiger partial charge in [-0.05, 0) is 68.5 Å². The lowest BCUT2D eigenvalue weighted by molar-refractivity contribution is -0.140. The van der Waals surface area contributed by atoms with Gasteiger partial charge >= 0.3 is 0 Å². The number of hydrogen-bond donors (Lipinski definition) is 1. The van der Waals surface area contributed by atoms with E-state index in [2.05, 4.69) is 5.32 Å². The fraction of sp³-hybridized carbons (Fsp3) is 0.517. The molecule has 2 aromatic rings. The van der Waals surface area contributed by atoms with Crippen molar-refractivity contribution < 1.29 is 22.7 Å². The Hall–Kier alpha value is -3.07. The molecule has 0 radical (unpaired) electrons. The molecule has 0 heterocycles. The first-order valence-electron chi connectivity index (χ1n) is 13.5. The molecule has 1 saturated carbocycles. The van der Waals surface area contributed by atoms with Crippen LogP contribution in [0.4, 0.5) is 5.69 Å². The number of ether oxygens (including phenoxy) is 1. The molecule has 3 rings (SSSR count). The van der Waals surface area contributed by atoms with Crippen molar-refractivity contribution in [3.8, 4) is 5.75 Å².